The van der Waals surface area contributed by atoms with Crippen LogP contribution in [-0.2, 0) is 11.3 Å². The fourth-order valence-electron chi connectivity index (χ4n) is 2.45. The predicted molar refractivity (Wildman–Crippen MR) is 67.7 cm³/mol. The quantitative estimate of drug-likeness (QED) is 0.821. The van der Waals surface area contributed by atoms with Gasteiger partial charge in [-0.15, -0.1) is 5.10 Å². The number of hydrogen-bond acceptors (Lipinski definition) is 3. The summed E-state index contributed by atoms with van der Waals surface area (Å²) in [6.07, 6.45) is 6.41. The summed E-state index contributed by atoms with van der Waals surface area (Å²) in [6, 6.07) is 5.57. The van der Waals surface area contributed by atoms with E-state index in [9.17, 15) is 4.79 Å². The van der Waals surface area contributed by atoms with Crippen molar-refractivity contribution in [1.82, 2.24) is 14.2 Å². The van der Waals surface area contributed by atoms with E-state index >= 15 is 0 Å². The Kier molecular flexibility index (Phi) is 3.15. The molecule has 0 N–H and O–H groups in total. The summed E-state index contributed by atoms with van der Waals surface area (Å²) in [4.78, 5) is 12.0. The Morgan fingerprint density at radius 1 is 1.44 bits per heavy atom. The Morgan fingerprint density at radius 3 is 3.17 bits per heavy atom. The minimum absolute atomic E-state index is 0.0575. The lowest BCUT2D eigenvalue weighted by Crippen LogP contribution is -2.21. The molecule has 2 aromatic heterocycles. The van der Waals surface area contributed by atoms with Gasteiger partial charge in [-0.25, -0.2) is 9.48 Å². The van der Waals surface area contributed by atoms with Crippen LogP contribution >= 0.6 is 0 Å². The van der Waals surface area contributed by atoms with Crippen LogP contribution in [0.15, 0.2) is 29.2 Å². The normalized spacial score (nSPS) is 19.7. The van der Waals surface area contributed by atoms with Gasteiger partial charge in [-0.2, -0.15) is 0 Å². The number of rotatable bonds is 4. The molecule has 0 amide bonds. The van der Waals surface area contributed by atoms with Gasteiger partial charge in [-0.3, -0.25) is 4.40 Å². The van der Waals surface area contributed by atoms with Crippen molar-refractivity contribution in [2.45, 2.75) is 38.3 Å². The molecule has 1 atom stereocenters. The predicted octanol–water partition coefficient (Wildman–Crippen LogP) is 1.46. The van der Waals surface area contributed by atoms with E-state index < -0.39 is 0 Å². The van der Waals surface area contributed by atoms with Gasteiger partial charge < -0.3 is 4.74 Å². The van der Waals surface area contributed by atoms with E-state index in [1.165, 1.54) is 6.42 Å². The molecule has 1 saturated heterocycles. The molecule has 0 radical (unpaired) electrons. The van der Waals surface area contributed by atoms with Crippen LogP contribution in [0.5, 0.6) is 0 Å². The van der Waals surface area contributed by atoms with Gasteiger partial charge in [0.1, 0.15) is 0 Å². The molecule has 1 aliphatic rings. The average molecular weight is 247 g/mol. The van der Waals surface area contributed by atoms with Gasteiger partial charge in [0.15, 0.2) is 5.65 Å². The maximum Gasteiger partial charge on any atom is 0.350 e. The highest BCUT2D eigenvalue weighted by Gasteiger charge is 2.15. The van der Waals surface area contributed by atoms with Crippen molar-refractivity contribution in [2.24, 2.45) is 0 Å². The van der Waals surface area contributed by atoms with E-state index in [4.69, 9.17) is 4.74 Å². The number of hydrogen-bond donors (Lipinski definition) is 0. The Bertz CT molecular complexity index is 581. The summed E-state index contributed by atoms with van der Waals surface area (Å²) in [6.45, 7) is 1.55. The van der Waals surface area contributed by atoms with Crippen LogP contribution in [0.2, 0.25) is 0 Å². The molecule has 5 nitrogen and oxygen atoms in total. The molecule has 1 unspecified atom stereocenters. The zero-order chi connectivity index (χ0) is 12.4. The summed E-state index contributed by atoms with van der Waals surface area (Å²) in [5.41, 5.74) is 0.651. The van der Waals surface area contributed by atoms with E-state index in [0.29, 0.717) is 18.3 Å². The highest BCUT2D eigenvalue weighted by atomic mass is 16.5. The second-order valence-electron chi connectivity index (χ2n) is 4.71. The molecule has 0 spiro atoms. The van der Waals surface area contributed by atoms with Crippen molar-refractivity contribution in [3.63, 3.8) is 0 Å². The summed E-state index contributed by atoms with van der Waals surface area (Å²) in [5.74, 6) is 0. The highest BCUT2D eigenvalue weighted by molar-refractivity contribution is 5.35. The first-order valence-electron chi connectivity index (χ1n) is 6.50. The second kappa shape index (κ2) is 4.94. The van der Waals surface area contributed by atoms with Crippen molar-refractivity contribution in [3.8, 4) is 0 Å². The van der Waals surface area contributed by atoms with Crippen molar-refractivity contribution in [2.75, 3.05) is 6.61 Å². The lowest BCUT2D eigenvalue weighted by molar-refractivity contribution is 0.101. The zero-order valence-corrected chi connectivity index (χ0v) is 10.3. The smallest absolute Gasteiger partial charge is 0.350 e. The molecule has 0 saturated carbocycles. The first kappa shape index (κ1) is 11.5. The molecular weight excluding hydrogens is 230 g/mol. The molecule has 2 aromatic rings. The third-order valence-corrected chi connectivity index (χ3v) is 3.41. The van der Waals surface area contributed by atoms with Gasteiger partial charge in [0.05, 0.1) is 6.10 Å². The number of fused-ring (bicyclic) bond motifs is 1. The van der Waals surface area contributed by atoms with Crippen LogP contribution in [0.1, 0.15) is 25.7 Å². The molecule has 3 rings (SSSR count). The van der Waals surface area contributed by atoms with Crippen molar-refractivity contribution in [3.05, 3.63) is 34.9 Å². The largest absolute Gasteiger partial charge is 0.378 e. The Hall–Kier alpha value is -1.62. The maximum absolute atomic E-state index is 12.0. The van der Waals surface area contributed by atoms with Gasteiger partial charge in [-0.05, 0) is 37.8 Å². The Balaban J connectivity index is 1.67. The average Bonchev–Trinajstić information content (AvgIpc) is 3.00. The van der Waals surface area contributed by atoms with Gasteiger partial charge in [0.25, 0.3) is 0 Å². The number of aryl methyl sites for hydroxylation is 1. The van der Waals surface area contributed by atoms with Gasteiger partial charge in [0, 0.05) is 19.3 Å². The molecule has 0 aliphatic carbocycles. The summed E-state index contributed by atoms with van der Waals surface area (Å²) < 4.78 is 8.69. The Morgan fingerprint density at radius 2 is 2.39 bits per heavy atom. The molecule has 1 aliphatic heterocycles. The van der Waals surface area contributed by atoms with E-state index in [1.54, 1.807) is 15.3 Å². The topological polar surface area (TPSA) is 48.5 Å². The van der Waals surface area contributed by atoms with Gasteiger partial charge in [-0.1, -0.05) is 6.07 Å². The first-order chi connectivity index (χ1) is 8.84. The van der Waals surface area contributed by atoms with Crippen LogP contribution < -0.4 is 5.69 Å². The minimum Gasteiger partial charge on any atom is -0.378 e. The second-order valence-corrected chi connectivity index (χ2v) is 4.71. The van der Waals surface area contributed by atoms with Crippen LogP contribution in [0, 0.1) is 0 Å². The summed E-state index contributed by atoms with van der Waals surface area (Å²) >= 11 is 0. The Labute approximate surface area is 105 Å². The van der Waals surface area contributed by atoms with Crippen LogP contribution in [0.3, 0.4) is 0 Å². The van der Waals surface area contributed by atoms with E-state index in [1.807, 2.05) is 18.2 Å². The fourth-order valence-corrected chi connectivity index (χ4v) is 2.45. The third kappa shape index (κ3) is 2.18. The third-order valence-electron chi connectivity index (χ3n) is 3.41. The first-order valence-corrected chi connectivity index (χ1v) is 6.50. The minimum atomic E-state index is -0.0575. The van der Waals surface area contributed by atoms with Crippen molar-refractivity contribution < 1.29 is 4.74 Å². The number of pyridine rings is 1. The number of ether oxygens (including phenoxy) is 1. The lowest BCUT2D eigenvalue weighted by atomic mass is 10.1. The molecule has 96 valence electrons. The van der Waals surface area contributed by atoms with Crippen LogP contribution in [0.4, 0.5) is 0 Å². The molecule has 0 bridgehead atoms. The van der Waals surface area contributed by atoms with E-state index in [2.05, 4.69) is 5.10 Å². The standard InChI is InChI=1S/C13H17N3O2/c17-13-15-8-2-1-7-12(15)14-16(13)9-3-5-11-6-4-10-18-11/h1-2,7-8,11H,3-6,9-10H2. The van der Waals surface area contributed by atoms with Crippen molar-refractivity contribution >= 4 is 5.65 Å². The van der Waals surface area contributed by atoms with Gasteiger partial charge in [0.2, 0.25) is 0 Å². The highest BCUT2D eigenvalue weighted by Crippen LogP contribution is 2.16. The van der Waals surface area contributed by atoms with Crippen molar-refractivity contribution in [1.29, 1.82) is 0 Å². The maximum atomic E-state index is 12.0. The molecular formula is C13H17N3O2. The SMILES string of the molecule is O=c1n(CCCC2CCCO2)nc2ccccn12. The fraction of sp³-hybridized carbons (Fsp3) is 0.538. The lowest BCUT2D eigenvalue weighted by Gasteiger charge is -2.07. The van der Waals surface area contributed by atoms with Crippen LogP contribution in [-0.4, -0.2) is 26.9 Å². The van der Waals surface area contributed by atoms with Gasteiger partial charge >= 0.3 is 5.69 Å². The number of nitrogens with zero attached hydrogens (tertiary/aromatic N) is 3. The molecule has 1 fully saturated rings. The van der Waals surface area contributed by atoms with Crippen LogP contribution in [0.25, 0.3) is 5.65 Å². The number of aromatic nitrogens is 3. The molecule has 0 aromatic carbocycles. The zero-order valence-electron chi connectivity index (χ0n) is 10.3. The molecule has 5 heteroatoms. The van der Waals surface area contributed by atoms with E-state index in [-0.39, 0.29) is 5.69 Å². The molecule has 18 heavy (non-hydrogen) atoms. The summed E-state index contributed by atoms with van der Waals surface area (Å²) in [7, 11) is 0. The summed E-state index contributed by atoms with van der Waals surface area (Å²) in [5, 5.41) is 4.30. The van der Waals surface area contributed by atoms with E-state index in [0.717, 1.165) is 25.9 Å². The monoisotopic (exact) mass is 247 g/mol. The molecule has 3 heterocycles.